The molecular formula is C22H16FN3O3. The van der Waals surface area contributed by atoms with Crippen LogP contribution in [0.4, 0.5) is 10.1 Å². The van der Waals surface area contributed by atoms with E-state index in [1.165, 1.54) is 12.1 Å². The number of halogens is 1. The van der Waals surface area contributed by atoms with Crippen LogP contribution >= 0.6 is 0 Å². The molecule has 0 bridgehead atoms. The van der Waals surface area contributed by atoms with E-state index in [0.717, 1.165) is 16.6 Å². The average molecular weight is 389 g/mol. The van der Waals surface area contributed by atoms with Crippen molar-refractivity contribution in [2.75, 3.05) is 18.5 Å². The molecule has 0 saturated carbocycles. The predicted molar refractivity (Wildman–Crippen MR) is 107 cm³/mol. The van der Waals surface area contributed by atoms with Gasteiger partial charge in [0, 0.05) is 23.4 Å². The summed E-state index contributed by atoms with van der Waals surface area (Å²) in [4.78, 5) is 20.3. The number of H-pyrrole nitrogens is 1. The minimum Gasteiger partial charge on any atom is -0.486 e. The molecule has 0 unspecified atom stereocenters. The van der Waals surface area contributed by atoms with Gasteiger partial charge in [-0.05, 0) is 24.3 Å². The van der Waals surface area contributed by atoms with E-state index in [4.69, 9.17) is 9.47 Å². The lowest BCUT2D eigenvalue weighted by Gasteiger charge is -2.17. The van der Waals surface area contributed by atoms with Crippen LogP contribution < -0.4 is 14.8 Å². The van der Waals surface area contributed by atoms with Gasteiger partial charge >= 0.3 is 0 Å². The van der Waals surface area contributed by atoms with Gasteiger partial charge < -0.3 is 19.8 Å². The first-order chi connectivity index (χ1) is 14.2. The van der Waals surface area contributed by atoms with Crippen LogP contribution in [0.25, 0.3) is 22.4 Å². The Balaban J connectivity index is 1.45. The molecule has 29 heavy (non-hydrogen) atoms. The van der Waals surface area contributed by atoms with Gasteiger partial charge in [0.05, 0.1) is 16.6 Å². The third-order valence-corrected chi connectivity index (χ3v) is 4.66. The SMILES string of the molecule is O=C(Nc1cccc(-c2nc3cc4c(cc3[nH]2)OCCO4)c1)c1ccccc1F. The number of benzene rings is 3. The van der Waals surface area contributed by atoms with E-state index in [0.29, 0.717) is 36.2 Å². The van der Waals surface area contributed by atoms with Gasteiger partial charge in [-0.15, -0.1) is 0 Å². The van der Waals surface area contributed by atoms with Crippen molar-refractivity contribution in [2.24, 2.45) is 0 Å². The summed E-state index contributed by atoms with van der Waals surface area (Å²) in [6.45, 7) is 1.03. The fraction of sp³-hybridized carbons (Fsp3) is 0.0909. The van der Waals surface area contributed by atoms with Crippen molar-refractivity contribution in [3.63, 3.8) is 0 Å². The second-order valence-corrected chi connectivity index (χ2v) is 6.61. The number of nitrogens with zero attached hydrogens (tertiary/aromatic N) is 1. The largest absolute Gasteiger partial charge is 0.486 e. The van der Waals surface area contributed by atoms with Crippen LogP contribution in [0, 0.1) is 5.82 Å². The number of nitrogens with one attached hydrogen (secondary N) is 2. The van der Waals surface area contributed by atoms with Crippen molar-refractivity contribution in [3.05, 3.63) is 72.0 Å². The van der Waals surface area contributed by atoms with Crippen molar-refractivity contribution in [3.8, 4) is 22.9 Å². The highest BCUT2D eigenvalue weighted by atomic mass is 19.1. The molecule has 5 rings (SSSR count). The van der Waals surface area contributed by atoms with Gasteiger partial charge in [0.2, 0.25) is 0 Å². The first-order valence-corrected chi connectivity index (χ1v) is 9.13. The Morgan fingerprint density at radius 2 is 1.79 bits per heavy atom. The third-order valence-electron chi connectivity index (χ3n) is 4.66. The van der Waals surface area contributed by atoms with Gasteiger partial charge in [0.15, 0.2) is 11.5 Å². The van der Waals surface area contributed by atoms with Gasteiger partial charge in [0.25, 0.3) is 5.91 Å². The van der Waals surface area contributed by atoms with Crippen LogP contribution in [0.1, 0.15) is 10.4 Å². The third kappa shape index (κ3) is 3.27. The van der Waals surface area contributed by atoms with Gasteiger partial charge in [-0.2, -0.15) is 0 Å². The number of carbonyl (C=O) groups is 1. The van der Waals surface area contributed by atoms with E-state index >= 15 is 0 Å². The summed E-state index contributed by atoms with van der Waals surface area (Å²) in [7, 11) is 0. The summed E-state index contributed by atoms with van der Waals surface area (Å²) >= 11 is 0. The minimum absolute atomic E-state index is 0.00720. The number of ether oxygens (including phenoxy) is 2. The maximum atomic E-state index is 13.8. The lowest BCUT2D eigenvalue weighted by Crippen LogP contribution is -2.15. The predicted octanol–water partition coefficient (Wildman–Crippen LogP) is 4.39. The van der Waals surface area contributed by atoms with E-state index in [-0.39, 0.29) is 5.56 Å². The molecule has 7 heteroatoms. The molecule has 0 radical (unpaired) electrons. The Kier molecular flexibility index (Phi) is 4.13. The van der Waals surface area contributed by atoms with E-state index in [1.54, 1.807) is 30.3 Å². The summed E-state index contributed by atoms with van der Waals surface area (Å²) < 4.78 is 25.1. The first kappa shape index (κ1) is 17.2. The number of amides is 1. The molecule has 0 atom stereocenters. The fourth-order valence-corrected chi connectivity index (χ4v) is 3.27. The molecule has 3 aromatic carbocycles. The zero-order valence-corrected chi connectivity index (χ0v) is 15.2. The van der Waals surface area contributed by atoms with Crippen molar-refractivity contribution >= 4 is 22.6 Å². The molecule has 1 aromatic heterocycles. The molecule has 6 nitrogen and oxygen atoms in total. The number of anilines is 1. The van der Waals surface area contributed by atoms with Gasteiger partial charge in [-0.3, -0.25) is 4.79 Å². The van der Waals surface area contributed by atoms with Crippen LogP contribution in [-0.2, 0) is 0 Å². The number of imidazole rings is 1. The Labute approximate surface area is 165 Å². The van der Waals surface area contributed by atoms with E-state index in [2.05, 4.69) is 15.3 Å². The van der Waals surface area contributed by atoms with E-state index in [1.807, 2.05) is 18.2 Å². The molecule has 144 valence electrons. The molecule has 1 amide bonds. The van der Waals surface area contributed by atoms with Crippen molar-refractivity contribution in [1.29, 1.82) is 0 Å². The molecule has 1 aliphatic heterocycles. The number of fused-ring (bicyclic) bond motifs is 2. The van der Waals surface area contributed by atoms with Crippen LogP contribution in [0.15, 0.2) is 60.7 Å². The zero-order chi connectivity index (χ0) is 19.8. The van der Waals surface area contributed by atoms with Crippen molar-refractivity contribution in [2.45, 2.75) is 0 Å². The highest BCUT2D eigenvalue weighted by Crippen LogP contribution is 2.35. The molecular weight excluding hydrogens is 373 g/mol. The molecule has 2 heterocycles. The minimum atomic E-state index is -0.563. The molecule has 0 fully saturated rings. The maximum Gasteiger partial charge on any atom is 0.258 e. The standard InChI is InChI=1S/C22H16FN3O3/c23-16-7-2-1-6-15(16)22(27)24-14-5-3-4-13(10-14)21-25-17-11-19-20(12-18(17)26-21)29-9-8-28-19/h1-7,10-12H,8-9H2,(H,24,27)(H,25,26). The van der Waals surface area contributed by atoms with Crippen molar-refractivity contribution in [1.82, 2.24) is 9.97 Å². The second-order valence-electron chi connectivity index (χ2n) is 6.61. The molecule has 0 saturated heterocycles. The smallest absolute Gasteiger partial charge is 0.258 e. The zero-order valence-electron chi connectivity index (χ0n) is 15.2. The Hall–Kier alpha value is -3.87. The highest BCUT2D eigenvalue weighted by Gasteiger charge is 2.16. The van der Waals surface area contributed by atoms with Crippen molar-refractivity contribution < 1.29 is 18.7 Å². The Morgan fingerprint density at radius 1 is 1.00 bits per heavy atom. The second kappa shape index (κ2) is 6.94. The first-order valence-electron chi connectivity index (χ1n) is 9.13. The van der Waals surface area contributed by atoms with Crippen LogP contribution in [0.5, 0.6) is 11.5 Å². The number of carbonyl (C=O) groups excluding carboxylic acids is 1. The molecule has 0 aliphatic carbocycles. The molecule has 0 spiro atoms. The van der Waals surface area contributed by atoms with E-state index in [9.17, 15) is 9.18 Å². The Morgan fingerprint density at radius 3 is 2.62 bits per heavy atom. The summed E-state index contributed by atoms with van der Waals surface area (Å²) in [5.41, 5.74) is 2.90. The summed E-state index contributed by atoms with van der Waals surface area (Å²) in [5, 5.41) is 2.73. The Bertz CT molecular complexity index is 1190. The lowest BCUT2D eigenvalue weighted by atomic mass is 10.1. The quantitative estimate of drug-likeness (QED) is 0.545. The number of rotatable bonds is 3. The lowest BCUT2D eigenvalue weighted by molar-refractivity contribution is 0.102. The molecule has 2 N–H and O–H groups in total. The monoisotopic (exact) mass is 389 g/mol. The van der Waals surface area contributed by atoms with Crippen LogP contribution in [0.3, 0.4) is 0 Å². The van der Waals surface area contributed by atoms with Crippen LogP contribution in [-0.4, -0.2) is 29.1 Å². The molecule has 1 aliphatic rings. The topological polar surface area (TPSA) is 76.2 Å². The van der Waals surface area contributed by atoms with E-state index < -0.39 is 11.7 Å². The maximum absolute atomic E-state index is 13.8. The molecule has 4 aromatic rings. The average Bonchev–Trinajstić information content (AvgIpc) is 3.15. The summed E-state index contributed by atoms with van der Waals surface area (Å²) in [6.07, 6.45) is 0. The summed E-state index contributed by atoms with van der Waals surface area (Å²) in [5.74, 6) is 0.931. The van der Waals surface area contributed by atoms with Crippen LogP contribution in [0.2, 0.25) is 0 Å². The summed E-state index contributed by atoms with van der Waals surface area (Å²) in [6, 6.07) is 16.8. The van der Waals surface area contributed by atoms with Gasteiger partial charge in [0.1, 0.15) is 24.9 Å². The van der Waals surface area contributed by atoms with Gasteiger partial charge in [-0.1, -0.05) is 24.3 Å². The van der Waals surface area contributed by atoms with Gasteiger partial charge in [-0.25, -0.2) is 9.37 Å². The number of aromatic nitrogens is 2. The highest BCUT2D eigenvalue weighted by molar-refractivity contribution is 6.04. The number of hydrogen-bond acceptors (Lipinski definition) is 4. The normalized spacial score (nSPS) is 12.7. The number of hydrogen-bond donors (Lipinski definition) is 2. The number of aromatic amines is 1. The fourth-order valence-electron chi connectivity index (χ4n) is 3.27.